The highest BCUT2D eigenvalue weighted by atomic mass is 16.8. The molecule has 50 atom stereocenters. The molecule has 2 saturated carbocycles. The maximum atomic E-state index is 16.0. The van der Waals surface area contributed by atoms with Crippen LogP contribution in [0.1, 0.15) is 323 Å². The Morgan fingerprint density at radius 1 is 0.311 bits per heavy atom. The molecule has 8 aliphatic carbocycles. The molecule has 10 fully saturated rings. The largest absolute Gasteiger partial charge is 0.450 e. The van der Waals surface area contributed by atoms with Gasteiger partial charge < -0.3 is 85.3 Å². The Bertz CT molecular complexity index is 4770. The summed E-state index contributed by atoms with van der Waals surface area (Å²) in [4.78, 5) is 85.9. The van der Waals surface area contributed by atoms with Gasteiger partial charge in [0.25, 0.3) is 0 Å². The Labute approximate surface area is 885 Å². The van der Waals surface area contributed by atoms with Gasteiger partial charge in [-0.05, 0) is 266 Å². The molecule has 0 amide bonds. The van der Waals surface area contributed by atoms with Crippen molar-refractivity contribution in [2.24, 2.45) is 141 Å². The van der Waals surface area contributed by atoms with Crippen molar-refractivity contribution in [1.82, 2.24) is 0 Å². The third-order valence-corrected chi connectivity index (χ3v) is 40.9. The number of allylic oxidation sites excluding steroid dienone is 10. The highest BCUT2D eigenvalue weighted by Crippen LogP contribution is 2.64. The van der Waals surface area contributed by atoms with Crippen LogP contribution in [0.2, 0.25) is 0 Å². The molecule has 0 radical (unpaired) electrons. The smallest absolute Gasteiger partial charge is 0.342 e. The van der Waals surface area contributed by atoms with E-state index in [9.17, 15) is 19.2 Å². The molecule has 824 valence electrons. The van der Waals surface area contributed by atoms with Crippen LogP contribution >= 0.6 is 0 Å². The predicted octanol–water partition coefficient (Wildman–Crippen LogP) is 23.5. The van der Waals surface area contributed by atoms with E-state index in [1.54, 1.807) is 0 Å². The van der Waals surface area contributed by atoms with E-state index in [4.69, 9.17) is 85.3 Å². The van der Waals surface area contributed by atoms with Crippen LogP contribution in [0, 0.1) is 141 Å². The lowest BCUT2D eigenvalue weighted by molar-refractivity contribution is -0.322. The molecule has 8 saturated heterocycles. The van der Waals surface area contributed by atoms with E-state index in [1.807, 2.05) is 26.0 Å². The van der Waals surface area contributed by atoms with E-state index in [-0.39, 0.29) is 277 Å². The van der Waals surface area contributed by atoms with Crippen LogP contribution in [0.25, 0.3) is 0 Å². The number of ketones is 2. The number of ether oxygens (including phenoxy) is 18. The van der Waals surface area contributed by atoms with Crippen molar-refractivity contribution in [3.63, 3.8) is 0 Å². The van der Waals surface area contributed by atoms with Crippen LogP contribution in [-0.2, 0) is 114 Å². The van der Waals surface area contributed by atoms with E-state index in [1.165, 1.54) is 11.1 Å². The van der Waals surface area contributed by atoms with E-state index < -0.39 is 59.1 Å². The van der Waals surface area contributed by atoms with Gasteiger partial charge in [0.15, 0.2) is 61.9 Å². The van der Waals surface area contributed by atoms with Crippen molar-refractivity contribution >= 4 is 36.1 Å². The van der Waals surface area contributed by atoms with Gasteiger partial charge in [0, 0.05) is 110 Å². The molecule has 0 aromatic heterocycles. The number of Topliss-reactive ketones (excluding diaryl/α,β-unsaturated/α-hetero) is 2. The Morgan fingerprint density at radius 2 is 0.628 bits per heavy atom. The monoisotopic (exact) mass is 2060 g/mol. The van der Waals surface area contributed by atoms with E-state index in [0.717, 1.165) is 101 Å². The second-order valence-corrected chi connectivity index (χ2v) is 51.1. The molecule has 24 heteroatoms. The molecule has 0 N–H and O–H groups in total. The second kappa shape index (κ2) is 45.9. The molecule has 0 aromatic rings. The van der Waals surface area contributed by atoms with E-state index in [2.05, 4.69) is 242 Å². The zero-order valence-electron chi connectivity index (χ0n) is 95.0. The topological polar surface area (TPSA) is 269 Å². The lowest BCUT2D eigenvalue weighted by Crippen LogP contribution is -2.58. The molecule has 148 heavy (non-hydrogen) atoms. The normalized spacial score (nSPS) is 50.5. The van der Waals surface area contributed by atoms with Crippen LogP contribution in [0.5, 0.6) is 0 Å². The van der Waals surface area contributed by atoms with Crippen LogP contribution in [0.4, 0.5) is 0 Å². The minimum absolute atomic E-state index is 0.0557. The van der Waals surface area contributed by atoms with Crippen LogP contribution in [0.15, 0.2) is 116 Å². The summed E-state index contributed by atoms with van der Waals surface area (Å²) in [6.07, 6.45) is 32.7. The van der Waals surface area contributed by atoms with Gasteiger partial charge in [-0.3, -0.25) is 19.2 Å². The van der Waals surface area contributed by atoms with Crippen molar-refractivity contribution in [2.45, 2.75) is 482 Å². The number of aldehydes is 2. The first-order valence-corrected chi connectivity index (χ1v) is 57.9. The van der Waals surface area contributed by atoms with Gasteiger partial charge in [-0.25, -0.2) is 9.59 Å². The average Bonchev–Trinajstić information content (AvgIpc) is 1.49. The number of rotatable bonds is 18. The first-order valence-electron chi connectivity index (χ1n) is 57.9. The molecular formula is C124H184O24. The minimum atomic E-state index is -1.12. The highest BCUT2D eigenvalue weighted by molar-refractivity contribution is 6.23. The average molecular weight is 2060 g/mol. The molecule has 0 aromatic carbocycles. The minimum Gasteiger partial charge on any atom is -0.450 e. The Kier molecular flexibility index (Phi) is 35.2. The highest BCUT2D eigenvalue weighted by Gasteiger charge is 2.67. The quantitative estimate of drug-likeness (QED) is 0.0534. The number of hydrogen-bond acceptors (Lipinski definition) is 24. The van der Waals surface area contributed by atoms with Gasteiger partial charge in [-0.1, -0.05) is 194 Å². The number of carbonyl (C=O) groups excluding carboxylic acids is 6. The van der Waals surface area contributed by atoms with Gasteiger partial charge in [0.2, 0.25) is 0 Å². The lowest BCUT2D eigenvalue weighted by atomic mass is 9.48. The Balaban J connectivity index is 0.000000202. The summed E-state index contributed by atoms with van der Waals surface area (Å²) < 4.78 is 120. The summed E-state index contributed by atoms with van der Waals surface area (Å²) in [5, 5.41) is 0. The van der Waals surface area contributed by atoms with Crippen LogP contribution in [-0.4, -0.2) is 195 Å². The van der Waals surface area contributed by atoms with Gasteiger partial charge >= 0.3 is 11.9 Å². The van der Waals surface area contributed by atoms with Gasteiger partial charge in [0.05, 0.1) is 97.7 Å². The summed E-state index contributed by atoms with van der Waals surface area (Å²) >= 11 is 0. The number of esters is 2. The molecule has 10 heterocycles. The molecular weight excluding hydrogens is 1870 g/mol. The van der Waals surface area contributed by atoms with Crippen molar-refractivity contribution < 1.29 is 114 Å². The predicted molar refractivity (Wildman–Crippen MR) is 564 cm³/mol. The van der Waals surface area contributed by atoms with Crippen molar-refractivity contribution in [3.05, 3.63) is 116 Å². The molecule has 18 aliphatic rings. The number of carbonyl (C=O) groups is 6. The molecule has 24 nitrogen and oxygen atoms in total. The van der Waals surface area contributed by atoms with Crippen molar-refractivity contribution in [2.75, 3.05) is 0 Å². The fourth-order valence-corrected chi connectivity index (χ4v) is 30.9. The summed E-state index contributed by atoms with van der Waals surface area (Å²) in [5.74, 6) is -0.378. The first kappa shape index (κ1) is 113. The van der Waals surface area contributed by atoms with Gasteiger partial charge in [0.1, 0.15) is 34.9 Å². The molecule has 10 aliphatic heterocycles. The Morgan fingerprint density at radius 3 is 0.980 bits per heavy atom. The summed E-state index contributed by atoms with van der Waals surface area (Å²) in [7, 11) is 0. The second-order valence-electron chi connectivity index (χ2n) is 51.1. The molecule has 18 rings (SSSR count). The molecule has 50 unspecified atom stereocenters. The van der Waals surface area contributed by atoms with Gasteiger partial charge in [-0.2, -0.15) is 0 Å². The summed E-state index contributed by atoms with van der Waals surface area (Å²) in [6.45, 7) is 64.5. The van der Waals surface area contributed by atoms with Crippen LogP contribution in [0.3, 0.4) is 0 Å². The maximum Gasteiger partial charge on any atom is 0.342 e. The van der Waals surface area contributed by atoms with Crippen LogP contribution < -0.4 is 0 Å². The number of hydrogen-bond donors (Lipinski definition) is 0. The summed E-state index contributed by atoms with van der Waals surface area (Å²) in [6, 6.07) is 0. The van der Waals surface area contributed by atoms with Crippen molar-refractivity contribution in [1.29, 1.82) is 0 Å². The zero-order chi connectivity index (χ0) is 107. The first-order chi connectivity index (χ1) is 70.1. The zero-order valence-corrected chi connectivity index (χ0v) is 95.0. The van der Waals surface area contributed by atoms with Crippen molar-refractivity contribution in [3.8, 4) is 0 Å². The SMILES string of the molecule is CC1=C2C(=O)OC13CC(C=O)=CC(C)C3/C=C(\C)C(C)C/C=C(\C)C1C=CC3C(OC4CC(OC5CCC(OC6CC(C)C(OC7CCC(C)C(C)O7)C(C)O6)C(C)O5)C(C)C(C)O4)C(C)CC(C)C3C1(C)C2=O.CC1=C2C(=O)OC13CC(C=O)=CC(C)C3/C=C(\C)C(C)C/C=C(\C)C1C=CC3C(OC4CC(OC5CCC(OC6CC(C)C(OC7CCC(C)C(C)O7)C(C)O6)C(C)O5)C(C)C(C)O4)C(C)CC(C)C3C1(C)C2=O. The lowest BCUT2D eigenvalue weighted by Gasteiger charge is -2.56. The van der Waals surface area contributed by atoms with E-state index in [0.29, 0.717) is 59.8 Å². The van der Waals surface area contributed by atoms with E-state index >= 15 is 9.59 Å². The fourth-order valence-electron chi connectivity index (χ4n) is 30.9. The third kappa shape index (κ3) is 22.2. The third-order valence-electron chi connectivity index (χ3n) is 40.9. The number of fused-ring (bicyclic) bond motifs is 6. The standard InChI is InChI=1S/2C62H92O12/c2*1-31-16-17-33(3)47-20-19-46-56(61(47,15)59(64)55-40(10)62(74-60(55)65)29-45(30-63)25-35(5)48(62)26-34(31)4)36(6)24-37(7)58(46)73-54-28-50(39(9)42(12)67-54)71-51-23-21-49(43(13)68-51)70-53-27-38(8)57(44(14)69-53)72-52-22-18-32(2)41(11)66-52/h2*17,19-20,25-26,30-32,35-39,41-44,46-54,56-58H,16,18,21-24,27-29H2,1-15H3/b2*33-17+,34-26+. The molecule has 2 spiro atoms. The maximum absolute atomic E-state index is 16.0. The fraction of sp³-hybridized carbons (Fsp3) is 0.790. The van der Waals surface area contributed by atoms with Gasteiger partial charge in [-0.15, -0.1) is 0 Å². The Hall–Kier alpha value is -5.62. The molecule has 4 bridgehead atoms. The summed E-state index contributed by atoms with van der Waals surface area (Å²) in [5.41, 5.74) is 3.21.